The topological polar surface area (TPSA) is 3.24 Å². The van der Waals surface area contributed by atoms with Gasteiger partial charge in [-0.1, -0.05) is 188 Å². The maximum absolute atomic E-state index is 2.37. The lowest BCUT2D eigenvalue weighted by molar-refractivity contribution is 1.28. The fourth-order valence-electron chi connectivity index (χ4n) is 8.13. The predicted molar refractivity (Wildman–Crippen MR) is 235 cm³/mol. The molecule has 0 aromatic heterocycles. The zero-order valence-corrected chi connectivity index (χ0v) is 30.3. The Balaban J connectivity index is 1.03. The van der Waals surface area contributed by atoms with Crippen molar-refractivity contribution in [3.8, 4) is 44.5 Å². The van der Waals surface area contributed by atoms with Gasteiger partial charge in [0, 0.05) is 17.1 Å². The third-order valence-corrected chi connectivity index (χ3v) is 10.9. The summed E-state index contributed by atoms with van der Waals surface area (Å²) in [5.74, 6) is 0. The molecule has 0 aliphatic heterocycles. The van der Waals surface area contributed by atoms with Crippen LogP contribution in [0.2, 0.25) is 0 Å². The van der Waals surface area contributed by atoms with Gasteiger partial charge < -0.3 is 4.90 Å². The van der Waals surface area contributed by atoms with Gasteiger partial charge in [-0.25, -0.2) is 0 Å². The normalized spacial score (nSPS) is 11.3. The van der Waals surface area contributed by atoms with Crippen LogP contribution in [0.5, 0.6) is 0 Å². The number of hydrogen-bond acceptors (Lipinski definition) is 1. The second kappa shape index (κ2) is 14.0. The second-order valence-electron chi connectivity index (χ2n) is 14.1. The Labute approximate surface area is 322 Å². The Bertz CT molecular complexity index is 2940. The second-order valence-corrected chi connectivity index (χ2v) is 14.1. The van der Waals surface area contributed by atoms with Gasteiger partial charge in [0.1, 0.15) is 0 Å². The van der Waals surface area contributed by atoms with E-state index >= 15 is 0 Å². The first-order chi connectivity index (χ1) is 27.3. The summed E-state index contributed by atoms with van der Waals surface area (Å²) >= 11 is 0. The van der Waals surface area contributed by atoms with Crippen molar-refractivity contribution in [2.75, 3.05) is 4.90 Å². The van der Waals surface area contributed by atoms with Gasteiger partial charge in [-0.05, 0) is 113 Å². The molecule has 0 spiro atoms. The highest BCUT2D eigenvalue weighted by molar-refractivity contribution is 5.99. The summed E-state index contributed by atoms with van der Waals surface area (Å²) < 4.78 is 0. The molecule has 258 valence electrons. The molecule has 0 radical (unpaired) electrons. The highest BCUT2D eigenvalue weighted by atomic mass is 15.1. The SMILES string of the molecule is c1cc(-c2cccc3ccccc23)cc(N(c2ccc(-c3ccc(-c4cccc5ccccc45)cc3)cc2)c2ccc(-c3cccc4ccccc34)cc2)c1. The van der Waals surface area contributed by atoms with E-state index in [1.807, 2.05) is 0 Å². The van der Waals surface area contributed by atoms with Crippen LogP contribution in [0.25, 0.3) is 76.8 Å². The summed E-state index contributed by atoms with van der Waals surface area (Å²) in [6, 6.07) is 81.4. The summed E-state index contributed by atoms with van der Waals surface area (Å²) in [5, 5.41) is 7.54. The van der Waals surface area contributed by atoms with Gasteiger partial charge in [0.05, 0.1) is 0 Å². The molecule has 1 heteroatoms. The zero-order valence-electron chi connectivity index (χ0n) is 30.3. The van der Waals surface area contributed by atoms with E-state index in [9.17, 15) is 0 Å². The first kappa shape index (κ1) is 32.4. The monoisotopic (exact) mass is 699 g/mol. The predicted octanol–water partition coefficient (Wildman–Crippen LogP) is 15.3. The number of hydrogen-bond donors (Lipinski definition) is 0. The van der Waals surface area contributed by atoms with E-state index in [0.717, 1.165) is 17.1 Å². The van der Waals surface area contributed by atoms with Crippen molar-refractivity contribution in [2.24, 2.45) is 0 Å². The molecule has 0 bridgehead atoms. The van der Waals surface area contributed by atoms with E-state index in [1.54, 1.807) is 0 Å². The van der Waals surface area contributed by atoms with Crippen LogP contribution >= 0.6 is 0 Å². The standard InChI is InChI=1S/C54H37N/c1-4-19-49-40(11-1)14-8-22-52(49)43-27-25-38(26-28-43)39-29-33-46(34-30-39)55(47-35-31-44(32-36-47)53-23-9-15-41-12-2-5-20-50(41)53)48-18-7-17-45(37-48)54-24-10-16-42-13-3-6-21-51(42)54/h1-37H. The molecule has 0 atom stereocenters. The van der Waals surface area contributed by atoms with Crippen molar-refractivity contribution in [3.63, 3.8) is 0 Å². The third-order valence-electron chi connectivity index (χ3n) is 10.9. The van der Waals surface area contributed by atoms with Gasteiger partial charge in [-0.3, -0.25) is 0 Å². The summed E-state index contributed by atoms with van der Waals surface area (Å²) in [6.07, 6.45) is 0. The fourth-order valence-corrected chi connectivity index (χ4v) is 8.13. The Morgan fingerprint density at radius 2 is 0.564 bits per heavy atom. The minimum absolute atomic E-state index is 1.10. The van der Waals surface area contributed by atoms with E-state index in [-0.39, 0.29) is 0 Å². The van der Waals surface area contributed by atoms with Crippen molar-refractivity contribution in [1.82, 2.24) is 0 Å². The van der Waals surface area contributed by atoms with Crippen molar-refractivity contribution < 1.29 is 0 Å². The van der Waals surface area contributed by atoms with Crippen LogP contribution < -0.4 is 4.90 Å². The Morgan fingerprint density at radius 3 is 1.04 bits per heavy atom. The van der Waals surface area contributed by atoms with Gasteiger partial charge in [-0.15, -0.1) is 0 Å². The van der Waals surface area contributed by atoms with Crippen LogP contribution in [0.3, 0.4) is 0 Å². The quantitative estimate of drug-likeness (QED) is 0.160. The molecule has 10 aromatic carbocycles. The maximum atomic E-state index is 2.37. The minimum atomic E-state index is 1.10. The molecule has 0 saturated carbocycles. The number of benzene rings is 10. The van der Waals surface area contributed by atoms with Crippen LogP contribution in [0.4, 0.5) is 17.1 Å². The summed E-state index contributed by atoms with van der Waals surface area (Å²) in [7, 11) is 0. The zero-order chi connectivity index (χ0) is 36.6. The molecule has 0 saturated heterocycles. The molecule has 0 aliphatic rings. The first-order valence-electron chi connectivity index (χ1n) is 18.9. The van der Waals surface area contributed by atoms with Gasteiger partial charge in [0.15, 0.2) is 0 Å². The van der Waals surface area contributed by atoms with E-state index in [0.29, 0.717) is 0 Å². The van der Waals surface area contributed by atoms with Crippen molar-refractivity contribution in [2.45, 2.75) is 0 Å². The molecule has 0 N–H and O–H groups in total. The summed E-state index contributed by atoms with van der Waals surface area (Å²) in [6.45, 7) is 0. The average molecular weight is 700 g/mol. The number of rotatable bonds is 7. The van der Waals surface area contributed by atoms with Gasteiger partial charge in [0.2, 0.25) is 0 Å². The molecule has 0 heterocycles. The highest BCUT2D eigenvalue weighted by Gasteiger charge is 2.16. The largest absolute Gasteiger partial charge is 0.310 e. The molecule has 0 fully saturated rings. The molecule has 1 nitrogen and oxygen atoms in total. The molecular formula is C54H37N. The lowest BCUT2D eigenvalue weighted by atomic mass is 9.96. The van der Waals surface area contributed by atoms with Crippen LogP contribution in [0.1, 0.15) is 0 Å². The highest BCUT2D eigenvalue weighted by Crippen LogP contribution is 2.40. The fraction of sp³-hybridized carbons (Fsp3) is 0. The summed E-state index contributed by atoms with van der Waals surface area (Å²) in [5.41, 5.74) is 13.0. The average Bonchev–Trinajstić information content (AvgIpc) is 3.26. The van der Waals surface area contributed by atoms with Crippen LogP contribution in [-0.2, 0) is 0 Å². The Hall–Kier alpha value is -7.22. The Morgan fingerprint density at radius 1 is 0.218 bits per heavy atom. The molecule has 0 amide bonds. The van der Waals surface area contributed by atoms with E-state index in [1.165, 1.54) is 76.8 Å². The smallest absolute Gasteiger partial charge is 0.0467 e. The third kappa shape index (κ3) is 6.12. The molecule has 10 aromatic rings. The Kier molecular flexibility index (Phi) is 8.24. The maximum Gasteiger partial charge on any atom is 0.0467 e. The van der Waals surface area contributed by atoms with E-state index < -0.39 is 0 Å². The van der Waals surface area contributed by atoms with Crippen molar-refractivity contribution >= 4 is 49.4 Å². The van der Waals surface area contributed by atoms with Crippen molar-refractivity contribution in [3.05, 3.63) is 224 Å². The molecule has 0 unspecified atom stereocenters. The molecule has 0 aliphatic carbocycles. The molecular weight excluding hydrogens is 663 g/mol. The number of anilines is 3. The van der Waals surface area contributed by atoms with Crippen molar-refractivity contribution in [1.29, 1.82) is 0 Å². The van der Waals surface area contributed by atoms with Crippen LogP contribution in [0.15, 0.2) is 224 Å². The number of nitrogens with zero attached hydrogens (tertiary/aromatic N) is 1. The lowest BCUT2D eigenvalue weighted by Crippen LogP contribution is -2.10. The van der Waals surface area contributed by atoms with Gasteiger partial charge >= 0.3 is 0 Å². The van der Waals surface area contributed by atoms with Crippen LogP contribution in [0, 0.1) is 0 Å². The number of fused-ring (bicyclic) bond motifs is 3. The molecule has 55 heavy (non-hydrogen) atoms. The van der Waals surface area contributed by atoms with E-state index in [4.69, 9.17) is 0 Å². The van der Waals surface area contributed by atoms with Gasteiger partial charge in [0.25, 0.3) is 0 Å². The lowest BCUT2D eigenvalue weighted by Gasteiger charge is -2.26. The van der Waals surface area contributed by atoms with Crippen LogP contribution in [-0.4, -0.2) is 0 Å². The first-order valence-corrected chi connectivity index (χ1v) is 18.9. The summed E-state index contributed by atoms with van der Waals surface area (Å²) in [4.78, 5) is 2.37. The van der Waals surface area contributed by atoms with Gasteiger partial charge in [-0.2, -0.15) is 0 Å². The molecule has 10 rings (SSSR count). The minimum Gasteiger partial charge on any atom is -0.310 e. The van der Waals surface area contributed by atoms with E-state index in [2.05, 4.69) is 229 Å².